The maximum Gasteiger partial charge on any atom is 0.171 e. The monoisotopic (exact) mass is 233 g/mol. The molecular formula is C13H19N3O. The van der Waals surface area contributed by atoms with E-state index in [0.717, 1.165) is 18.1 Å². The molecule has 0 aromatic carbocycles. The van der Waals surface area contributed by atoms with Crippen LogP contribution < -0.4 is 9.64 Å². The molecule has 92 valence electrons. The van der Waals surface area contributed by atoms with Crippen molar-refractivity contribution in [3.63, 3.8) is 0 Å². The van der Waals surface area contributed by atoms with E-state index in [9.17, 15) is 0 Å². The van der Waals surface area contributed by atoms with E-state index >= 15 is 0 Å². The van der Waals surface area contributed by atoms with Crippen LogP contribution in [0.2, 0.25) is 0 Å². The lowest BCUT2D eigenvalue weighted by atomic mass is 10.2. The van der Waals surface area contributed by atoms with E-state index in [2.05, 4.69) is 29.8 Å². The molecule has 0 amide bonds. The fourth-order valence-electron chi connectivity index (χ4n) is 1.69. The van der Waals surface area contributed by atoms with E-state index in [1.165, 1.54) is 0 Å². The standard InChI is InChI=1S/C13H19N3O/c1-11(2)10-16(9-5-7-14)13-12(17-3)6-4-8-15-13/h4,6,8,11H,5,9-10H2,1-3H3. The van der Waals surface area contributed by atoms with Crippen molar-refractivity contribution >= 4 is 5.82 Å². The Morgan fingerprint density at radius 3 is 2.88 bits per heavy atom. The van der Waals surface area contributed by atoms with Gasteiger partial charge in [-0.2, -0.15) is 5.26 Å². The van der Waals surface area contributed by atoms with Crippen molar-refractivity contribution in [2.24, 2.45) is 5.92 Å². The lowest BCUT2D eigenvalue weighted by Gasteiger charge is -2.25. The second-order valence-electron chi connectivity index (χ2n) is 4.28. The molecule has 17 heavy (non-hydrogen) atoms. The van der Waals surface area contributed by atoms with Crippen LogP contribution in [0.3, 0.4) is 0 Å². The van der Waals surface area contributed by atoms with Crippen molar-refractivity contribution in [1.29, 1.82) is 5.26 Å². The maximum absolute atomic E-state index is 8.69. The number of methoxy groups -OCH3 is 1. The Balaban J connectivity index is 2.91. The molecule has 0 fully saturated rings. The van der Waals surface area contributed by atoms with Crippen LogP contribution in [0.4, 0.5) is 5.82 Å². The topological polar surface area (TPSA) is 49.1 Å². The van der Waals surface area contributed by atoms with Gasteiger partial charge in [0.25, 0.3) is 0 Å². The Morgan fingerprint density at radius 1 is 1.53 bits per heavy atom. The Kier molecular flexibility index (Phi) is 5.28. The van der Waals surface area contributed by atoms with Crippen LogP contribution >= 0.6 is 0 Å². The van der Waals surface area contributed by atoms with E-state index in [1.807, 2.05) is 12.1 Å². The van der Waals surface area contributed by atoms with Crippen molar-refractivity contribution in [1.82, 2.24) is 4.98 Å². The van der Waals surface area contributed by atoms with Crippen LogP contribution in [-0.2, 0) is 0 Å². The minimum Gasteiger partial charge on any atom is -0.493 e. The molecule has 1 aromatic rings. The number of pyridine rings is 1. The molecule has 1 rings (SSSR count). The lowest BCUT2D eigenvalue weighted by molar-refractivity contribution is 0.411. The fourth-order valence-corrected chi connectivity index (χ4v) is 1.69. The van der Waals surface area contributed by atoms with Gasteiger partial charge in [0.15, 0.2) is 11.6 Å². The van der Waals surface area contributed by atoms with Crippen LogP contribution in [-0.4, -0.2) is 25.2 Å². The Labute approximate surface area is 103 Å². The molecule has 4 heteroatoms. The summed E-state index contributed by atoms with van der Waals surface area (Å²) in [5.74, 6) is 2.09. The first-order valence-corrected chi connectivity index (χ1v) is 5.80. The molecule has 0 aliphatic heterocycles. The van der Waals surface area contributed by atoms with Gasteiger partial charge in [0.2, 0.25) is 0 Å². The molecule has 0 aliphatic carbocycles. The zero-order chi connectivity index (χ0) is 12.7. The molecule has 0 saturated heterocycles. The molecule has 0 spiro atoms. The molecular weight excluding hydrogens is 214 g/mol. The highest BCUT2D eigenvalue weighted by Gasteiger charge is 2.14. The van der Waals surface area contributed by atoms with Crippen LogP contribution in [0.5, 0.6) is 5.75 Å². The van der Waals surface area contributed by atoms with Crippen LogP contribution in [0.25, 0.3) is 0 Å². The summed E-state index contributed by atoms with van der Waals surface area (Å²) in [4.78, 5) is 6.45. The molecule has 0 N–H and O–H groups in total. The van der Waals surface area contributed by atoms with Crippen LogP contribution in [0.1, 0.15) is 20.3 Å². The first kappa shape index (κ1) is 13.3. The molecule has 0 bridgehead atoms. The third-order valence-electron chi connectivity index (χ3n) is 2.35. The number of hydrogen-bond acceptors (Lipinski definition) is 4. The zero-order valence-electron chi connectivity index (χ0n) is 10.7. The van der Waals surface area contributed by atoms with Gasteiger partial charge >= 0.3 is 0 Å². The summed E-state index contributed by atoms with van der Waals surface area (Å²) in [5.41, 5.74) is 0. The summed E-state index contributed by atoms with van der Waals surface area (Å²) >= 11 is 0. The van der Waals surface area contributed by atoms with Crippen molar-refractivity contribution in [2.45, 2.75) is 20.3 Å². The van der Waals surface area contributed by atoms with Gasteiger partial charge in [-0.3, -0.25) is 0 Å². The Morgan fingerprint density at radius 2 is 2.29 bits per heavy atom. The summed E-state index contributed by atoms with van der Waals surface area (Å²) in [6, 6.07) is 5.91. The number of rotatable bonds is 6. The highest BCUT2D eigenvalue weighted by molar-refractivity contribution is 5.52. The molecule has 4 nitrogen and oxygen atoms in total. The highest BCUT2D eigenvalue weighted by Crippen LogP contribution is 2.25. The number of hydrogen-bond donors (Lipinski definition) is 0. The highest BCUT2D eigenvalue weighted by atomic mass is 16.5. The van der Waals surface area contributed by atoms with Gasteiger partial charge in [0.05, 0.1) is 19.6 Å². The van der Waals surface area contributed by atoms with Crippen molar-refractivity contribution in [3.8, 4) is 11.8 Å². The Bertz CT molecular complexity index is 384. The van der Waals surface area contributed by atoms with Gasteiger partial charge in [-0.1, -0.05) is 13.8 Å². The fraction of sp³-hybridized carbons (Fsp3) is 0.538. The van der Waals surface area contributed by atoms with Crippen LogP contribution in [0, 0.1) is 17.2 Å². The first-order valence-electron chi connectivity index (χ1n) is 5.80. The SMILES string of the molecule is COc1cccnc1N(CCC#N)CC(C)C. The predicted octanol–water partition coefficient (Wildman–Crippen LogP) is 2.47. The van der Waals surface area contributed by atoms with Crippen LogP contribution in [0.15, 0.2) is 18.3 Å². The summed E-state index contributed by atoms with van der Waals surface area (Å²) in [6.07, 6.45) is 2.24. The average molecular weight is 233 g/mol. The minimum atomic E-state index is 0.493. The largest absolute Gasteiger partial charge is 0.493 e. The summed E-state index contributed by atoms with van der Waals surface area (Å²) in [6.45, 7) is 5.85. The molecule has 1 aromatic heterocycles. The Hall–Kier alpha value is -1.76. The zero-order valence-corrected chi connectivity index (χ0v) is 10.7. The molecule has 0 atom stereocenters. The molecule has 0 radical (unpaired) electrons. The van der Waals surface area contributed by atoms with E-state index in [1.54, 1.807) is 13.3 Å². The van der Waals surface area contributed by atoms with Crippen molar-refractivity contribution in [2.75, 3.05) is 25.1 Å². The number of anilines is 1. The first-order chi connectivity index (χ1) is 8.19. The molecule has 0 unspecified atom stereocenters. The third kappa shape index (κ3) is 3.95. The minimum absolute atomic E-state index is 0.493. The number of nitriles is 1. The van der Waals surface area contributed by atoms with E-state index in [0.29, 0.717) is 18.9 Å². The maximum atomic E-state index is 8.69. The number of ether oxygens (including phenoxy) is 1. The van der Waals surface area contributed by atoms with Crippen molar-refractivity contribution in [3.05, 3.63) is 18.3 Å². The van der Waals surface area contributed by atoms with E-state index in [4.69, 9.17) is 10.00 Å². The second-order valence-corrected chi connectivity index (χ2v) is 4.28. The molecule has 0 aliphatic rings. The van der Waals surface area contributed by atoms with Gasteiger partial charge in [-0.15, -0.1) is 0 Å². The van der Waals surface area contributed by atoms with E-state index in [-0.39, 0.29) is 0 Å². The predicted molar refractivity (Wildman–Crippen MR) is 68.1 cm³/mol. The van der Waals surface area contributed by atoms with Crippen molar-refractivity contribution < 1.29 is 4.74 Å². The third-order valence-corrected chi connectivity index (χ3v) is 2.35. The summed E-state index contributed by atoms with van der Waals surface area (Å²) < 4.78 is 5.30. The summed E-state index contributed by atoms with van der Waals surface area (Å²) in [5, 5.41) is 8.69. The van der Waals surface area contributed by atoms with Gasteiger partial charge < -0.3 is 9.64 Å². The van der Waals surface area contributed by atoms with Gasteiger partial charge in [0, 0.05) is 19.3 Å². The number of aromatic nitrogens is 1. The smallest absolute Gasteiger partial charge is 0.171 e. The molecule has 1 heterocycles. The number of nitrogens with zero attached hydrogens (tertiary/aromatic N) is 3. The average Bonchev–Trinajstić information content (AvgIpc) is 2.34. The lowest BCUT2D eigenvalue weighted by Crippen LogP contribution is -2.29. The molecule has 0 saturated carbocycles. The van der Waals surface area contributed by atoms with Gasteiger partial charge in [0.1, 0.15) is 0 Å². The normalized spacial score (nSPS) is 10.1. The quantitative estimate of drug-likeness (QED) is 0.757. The second kappa shape index (κ2) is 6.74. The van der Waals surface area contributed by atoms with E-state index < -0.39 is 0 Å². The van der Waals surface area contributed by atoms with Gasteiger partial charge in [-0.05, 0) is 18.1 Å². The summed E-state index contributed by atoms with van der Waals surface area (Å²) in [7, 11) is 1.64. The van der Waals surface area contributed by atoms with Gasteiger partial charge in [-0.25, -0.2) is 4.98 Å².